The highest BCUT2D eigenvalue weighted by molar-refractivity contribution is 4.63. The van der Waals surface area contributed by atoms with Gasteiger partial charge in [0.15, 0.2) is 0 Å². The molecule has 0 aliphatic carbocycles. The van der Waals surface area contributed by atoms with Crippen LogP contribution < -0.4 is 0 Å². The van der Waals surface area contributed by atoms with Gasteiger partial charge in [0.2, 0.25) is 0 Å². The molecule has 2 atom stereocenters. The molecule has 0 aromatic heterocycles. The molecule has 0 bridgehead atoms. The molecule has 0 amide bonds. The topological polar surface area (TPSA) is 46.9 Å². The molecule has 0 aromatic rings. The van der Waals surface area contributed by atoms with Gasteiger partial charge in [0, 0.05) is 13.1 Å². The van der Waals surface area contributed by atoms with E-state index in [-0.39, 0.29) is 12.2 Å². The molecule has 0 aliphatic rings. The van der Waals surface area contributed by atoms with Crippen LogP contribution in [0, 0.1) is 0 Å². The van der Waals surface area contributed by atoms with Crippen molar-refractivity contribution in [1.82, 2.24) is 9.80 Å². The zero-order chi connectivity index (χ0) is 21.0. The van der Waals surface area contributed by atoms with Gasteiger partial charge in [-0.3, -0.25) is 0 Å². The summed E-state index contributed by atoms with van der Waals surface area (Å²) in [6, 6.07) is 0. The largest absolute Gasteiger partial charge is 0.392 e. The molecule has 0 saturated heterocycles. The predicted octanol–water partition coefficient (Wildman–Crippen LogP) is 5.07. The fourth-order valence-corrected chi connectivity index (χ4v) is 3.82. The number of unbranched alkanes of at least 4 members (excludes halogenated alkanes) is 9. The molecule has 4 heteroatoms. The molecule has 28 heavy (non-hydrogen) atoms. The van der Waals surface area contributed by atoms with Crippen LogP contribution in [0.15, 0.2) is 0 Å². The highest BCUT2D eigenvalue weighted by atomic mass is 16.3. The molecule has 0 heterocycles. The highest BCUT2D eigenvalue weighted by Crippen LogP contribution is 2.09. The van der Waals surface area contributed by atoms with Crippen molar-refractivity contribution in [3.8, 4) is 0 Å². The Kier molecular flexibility index (Phi) is 20.0. The zero-order valence-corrected chi connectivity index (χ0v) is 19.7. The van der Waals surface area contributed by atoms with Crippen LogP contribution in [0.25, 0.3) is 0 Å². The first-order valence-corrected chi connectivity index (χ1v) is 12.2. The van der Waals surface area contributed by atoms with Crippen LogP contribution in [-0.4, -0.2) is 72.5 Å². The molecule has 170 valence electrons. The van der Waals surface area contributed by atoms with E-state index in [4.69, 9.17) is 0 Å². The van der Waals surface area contributed by atoms with E-state index in [0.29, 0.717) is 0 Å². The molecular formula is C24H52N2O2. The lowest BCUT2D eigenvalue weighted by Gasteiger charge is -2.21. The van der Waals surface area contributed by atoms with E-state index in [1.807, 2.05) is 0 Å². The van der Waals surface area contributed by atoms with Gasteiger partial charge in [-0.25, -0.2) is 0 Å². The summed E-state index contributed by atoms with van der Waals surface area (Å²) in [6.45, 7) is 8.25. The summed E-state index contributed by atoms with van der Waals surface area (Å²) in [6.07, 6.45) is 16.5. The second kappa shape index (κ2) is 20.1. The summed E-state index contributed by atoms with van der Waals surface area (Å²) in [5.74, 6) is 0. The molecule has 0 aliphatic heterocycles. The third-order valence-electron chi connectivity index (χ3n) is 5.66. The Hall–Kier alpha value is -0.160. The third-order valence-corrected chi connectivity index (χ3v) is 5.66. The van der Waals surface area contributed by atoms with Crippen LogP contribution in [-0.2, 0) is 0 Å². The first-order chi connectivity index (χ1) is 13.5. The first kappa shape index (κ1) is 27.8. The van der Waals surface area contributed by atoms with Gasteiger partial charge in [-0.15, -0.1) is 0 Å². The van der Waals surface area contributed by atoms with Gasteiger partial charge in [-0.1, -0.05) is 78.1 Å². The van der Waals surface area contributed by atoms with Gasteiger partial charge < -0.3 is 20.0 Å². The van der Waals surface area contributed by atoms with Gasteiger partial charge in [0.05, 0.1) is 12.2 Å². The van der Waals surface area contributed by atoms with E-state index in [1.54, 1.807) is 0 Å². The molecule has 2 unspecified atom stereocenters. The highest BCUT2D eigenvalue weighted by Gasteiger charge is 2.08. The number of nitrogens with zero attached hydrogens (tertiary/aromatic N) is 2. The second-order valence-electron chi connectivity index (χ2n) is 8.95. The van der Waals surface area contributed by atoms with Crippen LogP contribution in [0.1, 0.15) is 104 Å². The average molecular weight is 401 g/mol. The first-order valence-electron chi connectivity index (χ1n) is 12.2. The average Bonchev–Trinajstić information content (AvgIpc) is 2.64. The van der Waals surface area contributed by atoms with Gasteiger partial charge >= 0.3 is 0 Å². The van der Waals surface area contributed by atoms with Crippen molar-refractivity contribution in [2.24, 2.45) is 0 Å². The van der Waals surface area contributed by atoms with Crippen LogP contribution >= 0.6 is 0 Å². The Morgan fingerprint density at radius 1 is 0.536 bits per heavy atom. The molecule has 0 radical (unpaired) electrons. The molecule has 0 aromatic carbocycles. The maximum absolute atomic E-state index is 10.0. The van der Waals surface area contributed by atoms with Crippen molar-refractivity contribution in [2.75, 3.05) is 40.3 Å². The van der Waals surface area contributed by atoms with E-state index in [1.165, 1.54) is 64.2 Å². The summed E-state index contributed by atoms with van der Waals surface area (Å²) in [7, 11) is 4.27. The minimum atomic E-state index is -0.154. The number of likely N-dealkylation sites (N-methyl/N-ethyl adjacent to an activating group) is 2. The quantitative estimate of drug-likeness (QED) is 0.264. The summed E-state index contributed by atoms with van der Waals surface area (Å²) < 4.78 is 0. The Morgan fingerprint density at radius 3 is 1.25 bits per heavy atom. The fraction of sp³-hybridized carbons (Fsp3) is 1.00. The Balaban J connectivity index is 3.44. The molecule has 0 spiro atoms. The van der Waals surface area contributed by atoms with E-state index in [0.717, 1.165) is 51.9 Å². The standard InChI is InChI=1S/C24H52N2O2/c1-5-7-13-17-23(27)21-25(3)19-15-11-9-10-12-16-20-26(4)22-24(28)18-14-8-6-2/h23-24,27-28H,5-22H2,1-4H3. The number of rotatable bonds is 21. The Bertz CT molecular complexity index is 285. The minimum Gasteiger partial charge on any atom is -0.392 e. The van der Waals surface area contributed by atoms with Crippen molar-refractivity contribution in [2.45, 2.75) is 116 Å². The van der Waals surface area contributed by atoms with Crippen molar-refractivity contribution in [1.29, 1.82) is 0 Å². The van der Waals surface area contributed by atoms with Crippen molar-refractivity contribution in [3.63, 3.8) is 0 Å². The van der Waals surface area contributed by atoms with E-state index >= 15 is 0 Å². The van der Waals surface area contributed by atoms with Crippen molar-refractivity contribution < 1.29 is 10.2 Å². The maximum atomic E-state index is 10.0. The molecule has 2 N–H and O–H groups in total. The molecule has 0 fully saturated rings. The number of aliphatic hydroxyl groups is 2. The van der Waals surface area contributed by atoms with E-state index < -0.39 is 0 Å². The lowest BCUT2D eigenvalue weighted by Crippen LogP contribution is -2.30. The fourth-order valence-electron chi connectivity index (χ4n) is 3.82. The lowest BCUT2D eigenvalue weighted by atomic mass is 10.1. The van der Waals surface area contributed by atoms with Gasteiger partial charge in [-0.2, -0.15) is 0 Å². The predicted molar refractivity (Wildman–Crippen MR) is 123 cm³/mol. The van der Waals surface area contributed by atoms with E-state index in [9.17, 15) is 10.2 Å². The number of hydrogen-bond acceptors (Lipinski definition) is 4. The summed E-state index contributed by atoms with van der Waals surface area (Å²) in [5.41, 5.74) is 0. The van der Waals surface area contributed by atoms with Crippen molar-refractivity contribution in [3.05, 3.63) is 0 Å². The summed E-state index contributed by atoms with van der Waals surface area (Å²) >= 11 is 0. The zero-order valence-electron chi connectivity index (χ0n) is 19.7. The number of aliphatic hydroxyl groups excluding tert-OH is 2. The Morgan fingerprint density at radius 2 is 0.893 bits per heavy atom. The van der Waals surface area contributed by atoms with Crippen LogP contribution in [0.3, 0.4) is 0 Å². The molecule has 4 nitrogen and oxygen atoms in total. The normalized spacial score (nSPS) is 14.1. The van der Waals surface area contributed by atoms with Crippen LogP contribution in [0.5, 0.6) is 0 Å². The van der Waals surface area contributed by atoms with Gasteiger partial charge in [0.1, 0.15) is 0 Å². The maximum Gasteiger partial charge on any atom is 0.0667 e. The monoisotopic (exact) mass is 400 g/mol. The molecule has 0 rings (SSSR count). The number of hydrogen-bond donors (Lipinski definition) is 2. The lowest BCUT2D eigenvalue weighted by molar-refractivity contribution is 0.113. The van der Waals surface area contributed by atoms with Crippen LogP contribution in [0.2, 0.25) is 0 Å². The van der Waals surface area contributed by atoms with E-state index in [2.05, 4.69) is 37.7 Å². The smallest absolute Gasteiger partial charge is 0.0667 e. The van der Waals surface area contributed by atoms with Crippen LogP contribution in [0.4, 0.5) is 0 Å². The third kappa shape index (κ3) is 19.2. The SMILES string of the molecule is CCCCCC(O)CN(C)CCCCCCCCN(C)CC(O)CCCCC. The summed E-state index contributed by atoms with van der Waals surface area (Å²) in [4.78, 5) is 4.58. The van der Waals surface area contributed by atoms with Gasteiger partial charge in [0.25, 0.3) is 0 Å². The molecular weight excluding hydrogens is 348 g/mol. The molecule has 0 saturated carbocycles. The van der Waals surface area contributed by atoms with Crippen molar-refractivity contribution >= 4 is 0 Å². The minimum absolute atomic E-state index is 0.154. The Labute approximate surface area is 176 Å². The second-order valence-corrected chi connectivity index (χ2v) is 8.95. The summed E-state index contributed by atoms with van der Waals surface area (Å²) in [5, 5.41) is 20.1. The van der Waals surface area contributed by atoms with Gasteiger partial charge in [-0.05, 0) is 52.9 Å².